The van der Waals surface area contributed by atoms with Crippen molar-refractivity contribution in [3.8, 4) is 6.07 Å². The maximum Gasteiger partial charge on any atom is 0.339 e. The number of rotatable bonds is 4. The zero-order valence-electron chi connectivity index (χ0n) is 9.00. The van der Waals surface area contributed by atoms with Crippen LogP contribution in [0.25, 0.3) is 0 Å². The first-order valence-electron chi connectivity index (χ1n) is 5.01. The maximum atomic E-state index is 11.5. The second kappa shape index (κ2) is 6.48. The molecule has 0 aromatic heterocycles. The molecule has 0 spiro atoms. The van der Waals surface area contributed by atoms with E-state index in [0.717, 1.165) is 15.6 Å². The molecule has 0 bridgehead atoms. The monoisotopic (exact) mass is 329 g/mol. The molecule has 0 saturated heterocycles. The first-order valence-corrected chi connectivity index (χ1v) is 6.09. The Kier molecular flexibility index (Phi) is 5.26. The molecule has 4 heteroatoms. The number of carbonyl (C=O) groups is 1. The van der Waals surface area contributed by atoms with E-state index in [0.29, 0.717) is 18.6 Å². The van der Waals surface area contributed by atoms with Crippen LogP contribution in [0.4, 0.5) is 0 Å². The molecular formula is C12H12INO2. The lowest BCUT2D eigenvalue weighted by Gasteiger charge is -2.05. The standard InChI is InChI=1S/C12H12INO2/c1-2-16-12(15)10-6-5-9(4-3-7-14)8-11(10)13/h5-6,8H,2-4H2,1H3. The lowest BCUT2D eigenvalue weighted by atomic mass is 10.1. The summed E-state index contributed by atoms with van der Waals surface area (Å²) in [7, 11) is 0. The zero-order valence-corrected chi connectivity index (χ0v) is 11.2. The van der Waals surface area contributed by atoms with Crippen molar-refractivity contribution in [3.63, 3.8) is 0 Å². The Balaban J connectivity index is 2.83. The van der Waals surface area contributed by atoms with Gasteiger partial charge in [0.25, 0.3) is 0 Å². The fourth-order valence-corrected chi connectivity index (χ4v) is 2.09. The van der Waals surface area contributed by atoms with E-state index in [1.165, 1.54) is 0 Å². The summed E-state index contributed by atoms with van der Waals surface area (Å²) in [6, 6.07) is 7.64. The van der Waals surface area contributed by atoms with Crippen LogP contribution in [-0.4, -0.2) is 12.6 Å². The van der Waals surface area contributed by atoms with E-state index in [2.05, 4.69) is 28.7 Å². The minimum Gasteiger partial charge on any atom is -0.462 e. The van der Waals surface area contributed by atoms with E-state index in [9.17, 15) is 4.79 Å². The molecule has 0 heterocycles. The Hall–Kier alpha value is -1.09. The molecule has 0 fully saturated rings. The molecular weight excluding hydrogens is 317 g/mol. The van der Waals surface area contributed by atoms with Gasteiger partial charge in [-0.3, -0.25) is 0 Å². The van der Waals surface area contributed by atoms with Crippen LogP contribution in [0.5, 0.6) is 0 Å². The minimum atomic E-state index is -0.293. The molecule has 0 aliphatic rings. The molecule has 0 atom stereocenters. The van der Waals surface area contributed by atoms with Gasteiger partial charge in [-0.2, -0.15) is 5.26 Å². The van der Waals surface area contributed by atoms with Gasteiger partial charge in [-0.25, -0.2) is 4.79 Å². The molecule has 16 heavy (non-hydrogen) atoms. The largest absolute Gasteiger partial charge is 0.462 e. The van der Waals surface area contributed by atoms with Crippen molar-refractivity contribution in [1.29, 1.82) is 5.26 Å². The van der Waals surface area contributed by atoms with Gasteiger partial charge in [-0.1, -0.05) is 6.07 Å². The van der Waals surface area contributed by atoms with Gasteiger partial charge in [-0.15, -0.1) is 0 Å². The number of benzene rings is 1. The summed E-state index contributed by atoms with van der Waals surface area (Å²) < 4.78 is 5.80. The van der Waals surface area contributed by atoms with Crippen LogP contribution in [0, 0.1) is 14.9 Å². The number of esters is 1. The van der Waals surface area contributed by atoms with Crippen molar-refractivity contribution in [2.24, 2.45) is 0 Å². The molecule has 0 radical (unpaired) electrons. The summed E-state index contributed by atoms with van der Waals surface area (Å²) in [5.74, 6) is -0.293. The van der Waals surface area contributed by atoms with E-state index in [4.69, 9.17) is 10.00 Å². The van der Waals surface area contributed by atoms with E-state index in [1.54, 1.807) is 13.0 Å². The van der Waals surface area contributed by atoms with E-state index >= 15 is 0 Å². The predicted octanol–water partition coefficient (Wildman–Crippen LogP) is 2.92. The predicted molar refractivity (Wildman–Crippen MR) is 69.0 cm³/mol. The molecule has 3 nitrogen and oxygen atoms in total. The Bertz CT molecular complexity index is 424. The third kappa shape index (κ3) is 3.49. The van der Waals surface area contributed by atoms with Gasteiger partial charge in [0.15, 0.2) is 0 Å². The van der Waals surface area contributed by atoms with Gasteiger partial charge in [0.2, 0.25) is 0 Å². The summed E-state index contributed by atoms with van der Waals surface area (Å²) in [6.07, 6.45) is 1.21. The summed E-state index contributed by atoms with van der Waals surface area (Å²) in [5, 5.41) is 8.48. The lowest BCUT2D eigenvalue weighted by Crippen LogP contribution is -2.07. The molecule has 1 aromatic carbocycles. The number of carbonyl (C=O) groups excluding carboxylic acids is 1. The first-order chi connectivity index (χ1) is 7.69. The Morgan fingerprint density at radius 2 is 2.31 bits per heavy atom. The molecule has 84 valence electrons. The zero-order chi connectivity index (χ0) is 12.0. The molecule has 1 rings (SSSR count). The second-order valence-electron chi connectivity index (χ2n) is 3.19. The average molecular weight is 329 g/mol. The first kappa shape index (κ1) is 13.0. The summed E-state index contributed by atoms with van der Waals surface area (Å²) in [5.41, 5.74) is 1.65. The van der Waals surface area contributed by atoms with Gasteiger partial charge in [0.05, 0.1) is 18.2 Å². The quantitative estimate of drug-likeness (QED) is 0.630. The minimum absolute atomic E-state index is 0.293. The smallest absolute Gasteiger partial charge is 0.339 e. The summed E-state index contributed by atoms with van der Waals surface area (Å²) >= 11 is 2.11. The maximum absolute atomic E-state index is 11.5. The number of ether oxygens (including phenoxy) is 1. The third-order valence-electron chi connectivity index (χ3n) is 2.05. The highest BCUT2D eigenvalue weighted by atomic mass is 127. The number of hydrogen-bond acceptors (Lipinski definition) is 3. The van der Waals surface area contributed by atoms with Crippen molar-refractivity contribution in [1.82, 2.24) is 0 Å². The molecule has 0 aliphatic heterocycles. The SMILES string of the molecule is CCOC(=O)c1ccc(CCC#N)cc1I. The molecule has 0 N–H and O–H groups in total. The highest BCUT2D eigenvalue weighted by molar-refractivity contribution is 14.1. The normalized spacial score (nSPS) is 9.56. The molecule has 0 saturated carbocycles. The lowest BCUT2D eigenvalue weighted by molar-refractivity contribution is 0.0525. The Morgan fingerprint density at radius 3 is 2.88 bits per heavy atom. The van der Waals surface area contributed by atoms with Gasteiger partial charge < -0.3 is 4.74 Å². The van der Waals surface area contributed by atoms with Crippen molar-refractivity contribution in [3.05, 3.63) is 32.9 Å². The highest BCUT2D eigenvalue weighted by Crippen LogP contribution is 2.16. The number of nitrogens with zero attached hydrogens (tertiary/aromatic N) is 1. The molecule has 1 aromatic rings. The topological polar surface area (TPSA) is 50.1 Å². The van der Waals surface area contributed by atoms with Crippen LogP contribution in [0.3, 0.4) is 0 Å². The highest BCUT2D eigenvalue weighted by Gasteiger charge is 2.10. The van der Waals surface area contributed by atoms with Crippen LogP contribution in [0.1, 0.15) is 29.3 Å². The summed E-state index contributed by atoms with van der Waals surface area (Å²) in [4.78, 5) is 11.5. The molecule has 0 aliphatic carbocycles. The van der Waals surface area contributed by atoms with Gasteiger partial charge in [0.1, 0.15) is 0 Å². The molecule has 0 amide bonds. The number of halogens is 1. The number of hydrogen-bond donors (Lipinski definition) is 0. The van der Waals surface area contributed by atoms with Crippen LogP contribution in [-0.2, 0) is 11.2 Å². The average Bonchev–Trinajstić information content (AvgIpc) is 2.26. The van der Waals surface area contributed by atoms with E-state index in [-0.39, 0.29) is 5.97 Å². The number of nitriles is 1. The Labute approximate surface area is 109 Å². The van der Waals surface area contributed by atoms with Crippen molar-refractivity contribution in [2.75, 3.05) is 6.61 Å². The van der Waals surface area contributed by atoms with Gasteiger partial charge >= 0.3 is 5.97 Å². The van der Waals surface area contributed by atoms with Crippen molar-refractivity contribution >= 4 is 28.6 Å². The third-order valence-corrected chi connectivity index (χ3v) is 2.95. The van der Waals surface area contributed by atoms with Crippen LogP contribution >= 0.6 is 22.6 Å². The fourth-order valence-electron chi connectivity index (χ4n) is 1.29. The van der Waals surface area contributed by atoms with Crippen LogP contribution < -0.4 is 0 Å². The van der Waals surface area contributed by atoms with Crippen LogP contribution in [0.15, 0.2) is 18.2 Å². The number of aryl methyl sites for hydroxylation is 1. The molecule has 0 unspecified atom stereocenters. The van der Waals surface area contributed by atoms with Crippen molar-refractivity contribution in [2.45, 2.75) is 19.8 Å². The van der Waals surface area contributed by atoms with Crippen LogP contribution in [0.2, 0.25) is 0 Å². The van der Waals surface area contributed by atoms with Gasteiger partial charge in [-0.05, 0) is 53.6 Å². The van der Waals surface area contributed by atoms with Crippen molar-refractivity contribution < 1.29 is 9.53 Å². The Morgan fingerprint density at radius 1 is 1.56 bits per heavy atom. The fraction of sp³-hybridized carbons (Fsp3) is 0.333. The van der Waals surface area contributed by atoms with E-state index in [1.807, 2.05) is 12.1 Å². The second-order valence-corrected chi connectivity index (χ2v) is 4.35. The summed E-state index contributed by atoms with van der Waals surface area (Å²) in [6.45, 7) is 2.16. The van der Waals surface area contributed by atoms with E-state index < -0.39 is 0 Å². The van der Waals surface area contributed by atoms with Gasteiger partial charge in [0, 0.05) is 9.99 Å².